The molecule has 1 heterocycles. The van der Waals surface area contributed by atoms with Gasteiger partial charge in [0.15, 0.2) is 23.0 Å². The molecule has 3 rings (SSSR count). The molecular weight excluding hydrogens is 358 g/mol. The summed E-state index contributed by atoms with van der Waals surface area (Å²) >= 11 is 0. The second-order valence-electron chi connectivity index (χ2n) is 6.26. The number of ether oxygens (including phenoxy) is 4. The molecule has 0 spiro atoms. The number of benzene rings is 2. The first-order valence-corrected chi connectivity index (χ1v) is 9.24. The Bertz CT molecular complexity index is 875. The summed E-state index contributed by atoms with van der Waals surface area (Å²) in [7, 11) is 3.21. The minimum Gasteiger partial charge on any atom is -0.493 e. The Labute approximate surface area is 165 Å². The van der Waals surface area contributed by atoms with Gasteiger partial charge in [-0.25, -0.2) is 0 Å². The van der Waals surface area contributed by atoms with Crippen LogP contribution in [0.3, 0.4) is 0 Å². The van der Waals surface area contributed by atoms with Crippen molar-refractivity contribution in [2.45, 2.75) is 13.3 Å². The Balaban J connectivity index is 1.61. The number of hydrogen-bond acceptors (Lipinski definition) is 5. The van der Waals surface area contributed by atoms with E-state index in [2.05, 4.69) is 5.32 Å². The first-order valence-electron chi connectivity index (χ1n) is 9.24. The Kier molecular flexibility index (Phi) is 6.42. The van der Waals surface area contributed by atoms with Gasteiger partial charge >= 0.3 is 0 Å². The van der Waals surface area contributed by atoms with Crippen molar-refractivity contribution in [3.63, 3.8) is 0 Å². The maximum absolute atomic E-state index is 12.5. The minimum absolute atomic E-state index is 0.132. The van der Waals surface area contributed by atoms with Gasteiger partial charge in [0.25, 0.3) is 5.91 Å². The molecule has 6 nitrogen and oxygen atoms in total. The molecule has 2 aromatic rings. The van der Waals surface area contributed by atoms with E-state index in [0.29, 0.717) is 48.1 Å². The van der Waals surface area contributed by atoms with Crippen LogP contribution in [0, 0.1) is 0 Å². The first-order chi connectivity index (χ1) is 13.7. The molecule has 0 aromatic heterocycles. The lowest BCUT2D eigenvalue weighted by Gasteiger charge is -2.20. The molecule has 0 saturated carbocycles. The molecule has 148 valence electrons. The molecule has 1 aliphatic rings. The van der Waals surface area contributed by atoms with Crippen molar-refractivity contribution < 1.29 is 23.7 Å². The Hall–Kier alpha value is -3.15. The van der Waals surface area contributed by atoms with Gasteiger partial charge in [-0.2, -0.15) is 0 Å². The van der Waals surface area contributed by atoms with Gasteiger partial charge in [-0.1, -0.05) is 18.2 Å². The lowest BCUT2D eigenvalue weighted by molar-refractivity contribution is -0.117. The summed E-state index contributed by atoms with van der Waals surface area (Å²) < 4.78 is 21.9. The van der Waals surface area contributed by atoms with E-state index in [0.717, 1.165) is 11.1 Å². The van der Waals surface area contributed by atoms with Gasteiger partial charge in [0, 0.05) is 12.1 Å². The first kappa shape index (κ1) is 19.6. The highest BCUT2D eigenvalue weighted by atomic mass is 16.5. The third kappa shape index (κ3) is 4.39. The molecule has 0 bridgehead atoms. The van der Waals surface area contributed by atoms with E-state index in [9.17, 15) is 4.79 Å². The van der Waals surface area contributed by atoms with E-state index in [-0.39, 0.29) is 12.5 Å². The summed E-state index contributed by atoms with van der Waals surface area (Å²) in [6.07, 6.45) is 2.54. The van der Waals surface area contributed by atoms with Crippen LogP contribution in [0.5, 0.6) is 23.0 Å². The van der Waals surface area contributed by atoms with E-state index in [1.165, 1.54) is 0 Å². The largest absolute Gasteiger partial charge is 0.493 e. The third-order valence-electron chi connectivity index (χ3n) is 4.45. The van der Waals surface area contributed by atoms with Crippen molar-refractivity contribution in [1.29, 1.82) is 0 Å². The number of rotatable bonds is 8. The fourth-order valence-electron chi connectivity index (χ4n) is 3.05. The van der Waals surface area contributed by atoms with E-state index >= 15 is 0 Å². The van der Waals surface area contributed by atoms with Gasteiger partial charge in [-0.15, -0.1) is 0 Å². The molecule has 2 aromatic carbocycles. The van der Waals surface area contributed by atoms with Crippen LogP contribution in [0.25, 0.3) is 6.08 Å². The molecule has 0 atom stereocenters. The maximum atomic E-state index is 12.5. The topological polar surface area (TPSA) is 66.0 Å². The van der Waals surface area contributed by atoms with Crippen LogP contribution in [-0.2, 0) is 11.2 Å². The number of fused-ring (bicyclic) bond motifs is 1. The number of amides is 1. The smallest absolute Gasteiger partial charge is 0.250 e. The summed E-state index contributed by atoms with van der Waals surface area (Å²) in [5.41, 5.74) is 2.49. The van der Waals surface area contributed by atoms with Crippen molar-refractivity contribution in [3.05, 3.63) is 53.1 Å². The second kappa shape index (κ2) is 9.17. The molecule has 0 saturated heterocycles. The number of hydrogen-bond donors (Lipinski definition) is 1. The molecule has 0 aliphatic carbocycles. The number of methoxy groups -OCH3 is 2. The fraction of sp³-hybridized carbons (Fsp3) is 0.318. The quantitative estimate of drug-likeness (QED) is 0.758. The SMILES string of the molecule is CCOc1cccc2c1OCC(C(=O)NCCc1ccc(OC)c(OC)c1)=C2. The number of carbonyl (C=O) groups is 1. The van der Waals surface area contributed by atoms with Crippen molar-refractivity contribution in [3.8, 4) is 23.0 Å². The highest BCUT2D eigenvalue weighted by molar-refractivity contribution is 5.99. The normalized spacial score (nSPS) is 12.3. The lowest BCUT2D eigenvalue weighted by Crippen LogP contribution is -2.30. The van der Waals surface area contributed by atoms with Crippen LogP contribution < -0.4 is 24.3 Å². The summed E-state index contributed by atoms with van der Waals surface area (Å²) in [5.74, 6) is 2.62. The van der Waals surface area contributed by atoms with Crippen LogP contribution in [0.2, 0.25) is 0 Å². The Morgan fingerprint density at radius 3 is 2.68 bits per heavy atom. The van der Waals surface area contributed by atoms with Crippen LogP contribution in [0.15, 0.2) is 42.0 Å². The average Bonchev–Trinajstić information content (AvgIpc) is 2.73. The molecule has 0 unspecified atom stereocenters. The molecule has 0 fully saturated rings. The van der Waals surface area contributed by atoms with E-state index in [1.54, 1.807) is 14.2 Å². The van der Waals surface area contributed by atoms with Crippen molar-refractivity contribution >= 4 is 12.0 Å². The standard InChI is InChI=1S/C22H25NO5/c1-4-27-19-7-5-6-16-13-17(14-28-21(16)19)22(24)23-11-10-15-8-9-18(25-2)20(12-15)26-3/h5-9,12-13H,4,10-11,14H2,1-3H3,(H,23,24). The van der Waals surface area contributed by atoms with E-state index in [1.807, 2.05) is 49.4 Å². The number of carbonyl (C=O) groups excluding carboxylic acids is 1. The molecule has 6 heteroatoms. The highest BCUT2D eigenvalue weighted by Crippen LogP contribution is 2.35. The molecular formula is C22H25NO5. The zero-order chi connectivity index (χ0) is 19.9. The second-order valence-corrected chi connectivity index (χ2v) is 6.26. The van der Waals surface area contributed by atoms with Crippen LogP contribution in [0.1, 0.15) is 18.1 Å². The van der Waals surface area contributed by atoms with Gasteiger partial charge in [0.1, 0.15) is 6.61 Å². The molecule has 1 N–H and O–H groups in total. The van der Waals surface area contributed by atoms with Gasteiger partial charge in [0.05, 0.1) is 26.4 Å². The predicted molar refractivity (Wildman–Crippen MR) is 107 cm³/mol. The molecule has 1 aliphatic heterocycles. The Morgan fingerprint density at radius 2 is 1.93 bits per heavy atom. The van der Waals surface area contributed by atoms with E-state index < -0.39 is 0 Å². The van der Waals surface area contributed by atoms with Gasteiger partial charge in [-0.05, 0) is 43.2 Å². The summed E-state index contributed by atoms with van der Waals surface area (Å²) in [6, 6.07) is 11.4. The molecule has 1 amide bonds. The Morgan fingerprint density at radius 1 is 1.11 bits per heavy atom. The van der Waals surface area contributed by atoms with Gasteiger partial charge < -0.3 is 24.3 Å². The summed E-state index contributed by atoms with van der Waals surface area (Å²) in [5, 5.41) is 2.95. The third-order valence-corrected chi connectivity index (χ3v) is 4.45. The van der Waals surface area contributed by atoms with Crippen LogP contribution >= 0.6 is 0 Å². The minimum atomic E-state index is -0.132. The number of nitrogens with one attached hydrogen (secondary N) is 1. The fourth-order valence-corrected chi connectivity index (χ4v) is 3.05. The summed E-state index contributed by atoms with van der Waals surface area (Å²) in [4.78, 5) is 12.5. The lowest BCUT2D eigenvalue weighted by atomic mass is 10.1. The molecule has 0 radical (unpaired) electrons. The molecule has 28 heavy (non-hydrogen) atoms. The van der Waals surface area contributed by atoms with Crippen LogP contribution in [0.4, 0.5) is 0 Å². The summed E-state index contributed by atoms with van der Waals surface area (Å²) in [6.45, 7) is 3.22. The average molecular weight is 383 g/mol. The van der Waals surface area contributed by atoms with Crippen molar-refractivity contribution in [2.24, 2.45) is 0 Å². The zero-order valence-corrected chi connectivity index (χ0v) is 16.4. The zero-order valence-electron chi connectivity index (χ0n) is 16.4. The van der Waals surface area contributed by atoms with Crippen molar-refractivity contribution in [1.82, 2.24) is 5.32 Å². The highest BCUT2D eigenvalue weighted by Gasteiger charge is 2.20. The van der Waals surface area contributed by atoms with Gasteiger partial charge in [-0.3, -0.25) is 4.79 Å². The van der Waals surface area contributed by atoms with Gasteiger partial charge in [0.2, 0.25) is 0 Å². The number of para-hydroxylation sites is 1. The van der Waals surface area contributed by atoms with Crippen LogP contribution in [-0.4, -0.2) is 39.9 Å². The van der Waals surface area contributed by atoms with E-state index in [4.69, 9.17) is 18.9 Å². The maximum Gasteiger partial charge on any atom is 0.250 e. The monoisotopic (exact) mass is 383 g/mol. The predicted octanol–water partition coefficient (Wildman–Crippen LogP) is 3.24. The van der Waals surface area contributed by atoms with Crippen molar-refractivity contribution in [2.75, 3.05) is 34.0 Å².